The van der Waals surface area contributed by atoms with Crippen molar-refractivity contribution in [1.82, 2.24) is 15.3 Å². The van der Waals surface area contributed by atoms with E-state index in [4.69, 9.17) is 14.7 Å². The first-order valence-corrected chi connectivity index (χ1v) is 6.59. The lowest BCUT2D eigenvalue weighted by atomic mass is 9.88. The van der Waals surface area contributed by atoms with Crippen molar-refractivity contribution in [3.05, 3.63) is 22.8 Å². The Hall–Kier alpha value is -1.00. The standard InChI is InChI=1S/C14H23N3O/c1-6-10-9-7-15-8-11(9)17-13(16-10)12(18-5)14(2,3)4/h12,15H,6-8H2,1-5H3. The van der Waals surface area contributed by atoms with Crippen LogP contribution in [0.3, 0.4) is 0 Å². The van der Waals surface area contributed by atoms with Gasteiger partial charge in [-0.15, -0.1) is 0 Å². The van der Waals surface area contributed by atoms with E-state index in [1.807, 2.05) is 0 Å². The number of nitrogens with one attached hydrogen (secondary N) is 1. The Bertz CT molecular complexity index is 437. The van der Waals surface area contributed by atoms with Gasteiger partial charge in [-0.2, -0.15) is 0 Å². The van der Waals surface area contributed by atoms with Crippen LogP contribution in [0.4, 0.5) is 0 Å². The van der Waals surface area contributed by atoms with Gasteiger partial charge in [0.1, 0.15) is 6.10 Å². The van der Waals surface area contributed by atoms with Gasteiger partial charge in [0, 0.05) is 31.5 Å². The highest BCUT2D eigenvalue weighted by Gasteiger charge is 2.30. The molecule has 0 saturated carbocycles. The van der Waals surface area contributed by atoms with E-state index in [0.717, 1.165) is 36.7 Å². The van der Waals surface area contributed by atoms with E-state index in [-0.39, 0.29) is 11.5 Å². The normalized spacial score (nSPS) is 16.7. The summed E-state index contributed by atoms with van der Waals surface area (Å²) in [5.41, 5.74) is 3.58. The van der Waals surface area contributed by atoms with Crippen LogP contribution >= 0.6 is 0 Å². The molecule has 2 rings (SSSR count). The van der Waals surface area contributed by atoms with Crippen molar-refractivity contribution in [2.75, 3.05) is 7.11 Å². The Labute approximate surface area is 109 Å². The fourth-order valence-corrected chi connectivity index (χ4v) is 2.52. The molecule has 1 aromatic heterocycles. The van der Waals surface area contributed by atoms with E-state index in [1.165, 1.54) is 5.56 Å². The molecule has 100 valence electrons. The van der Waals surface area contributed by atoms with Crippen molar-refractivity contribution in [2.45, 2.75) is 53.3 Å². The van der Waals surface area contributed by atoms with E-state index in [2.05, 4.69) is 33.0 Å². The fraction of sp³-hybridized carbons (Fsp3) is 0.714. The quantitative estimate of drug-likeness (QED) is 0.893. The van der Waals surface area contributed by atoms with Gasteiger partial charge < -0.3 is 10.1 Å². The third-order valence-electron chi connectivity index (χ3n) is 3.38. The summed E-state index contributed by atoms with van der Waals surface area (Å²) >= 11 is 0. The van der Waals surface area contributed by atoms with Crippen molar-refractivity contribution in [3.8, 4) is 0 Å². The number of aryl methyl sites for hydroxylation is 1. The van der Waals surface area contributed by atoms with Crippen LogP contribution in [0.15, 0.2) is 0 Å². The van der Waals surface area contributed by atoms with Gasteiger partial charge in [0.15, 0.2) is 5.82 Å². The van der Waals surface area contributed by atoms with E-state index >= 15 is 0 Å². The topological polar surface area (TPSA) is 47.0 Å². The number of rotatable bonds is 3. The lowest BCUT2D eigenvalue weighted by Gasteiger charge is -2.28. The predicted octanol–water partition coefficient (Wildman–Crippen LogP) is 2.38. The zero-order chi connectivity index (χ0) is 13.3. The molecule has 0 bridgehead atoms. The second-order valence-electron chi connectivity index (χ2n) is 5.89. The van der Waals surface area contributed by atoms with Gasteiger partial charge in [0.2, 0.25) is 0 Å². The lowest BCUT2D eigenvalue weighted by molar-refractivity contribution is 0.00836. The van der Waals surface area contributed by atoms with Crippen molar-refractivity contribution in [2.24, 2.45) is 5.41 Å². The number of hydrogen-bond donors (Lipinski definition) is 1. The highest BCUT2D eigenvalue weighted by molar-refractivity contribution is 5.30. The van der Waals surface area contributed by atoms with Gasteiger partial charge in [0.05, 0.1) is 5.69 Å². The van der Waals surface area contributed by atoms with Gasteiger partial charge in [-0.25, -0.2) is 9.97 Å². The van der Waals surface area contributed by atoms with E-state index in [0.29, 0.717) is 0 Å². The van der Waals surface area contributed by atoms with Gasteiger partial charge in [-0.3, -0.25) is 0 Å². The molecule has 0 aromatic carbocycles. The van der Waals surface area contributed by atoms with Crippen LogP contribution in [-0.4, -0.2) is 17.1 Å². The SMILES string of the molecule is CCc1nc(C(OC)C(C)(C)C)nc2c1CNC2. The maximum absolute atomic E-state index is 5.61. The molecule has 1 aliphatic heterocycles. The van der Waals surface area contributed by atoms with Gasteiger partial charge >= 0.3 is 0 Å². The number of hydrogen-bond acceptors (Lipinski definition) is 4. The Morgan fingerprint density at radius 2 is 2.00 bits per heavy atom. The van der Waals surface area contributed by atoms with Gasteiger partial charge in [-0.1, -0.05) is 27.7 Å². The van der Waals surface area contributed by atoms with Gasteiger partial charge in [-0.05, 0) is 11.8 Å². The summed E-state index contributed by atoms with van der Waals surface area (Å²) in [7, 11) is 1.73. The molecule has 4 heteroatoms. The summed E-state index contributed by atoms with van der Waals surface area (Å²) in [5, 5.41) is 3.34. The van der Waals surface area contributed by atoms with Crippen LogP contribution in [0.5, 0.6) is 0 Å². The van der Waals surface area contributed by atoms with Crippen molar-refractivity contribution in [1.29, 1.82) is 0 Å². The molecule has 2 heterocycles. The molecule has 0 spiro atoms. The minimum absolute atomic E-state index is 0.0000307. The highest BCUT2D eigenvalue weighted by Crippen LogP contribution is 2.34. The van der Waals surface area contributed by atoms with Crippen LogP contribution in [0.25, 0.3) is 0 Å². The summed E-state index contributed by atoms with van der Waals surface area (Å²) in [4.78, 5) is 9.43. The minimum atomic E-state index is -0.0614. The molecule has 1 N–H and O–H groups in total. The monoisotopic (exact) mass is 249 g/mol. The number of ether oxygens (including phenoxy) is 1. The Kier molecular flexibility index (Phi) is 3.69. The van der Waals surface area contributed by atoms with Crippen molar-refractivity contribution in [3.63, 3.8) is 0 Å². The maximum atomic E-state index is 5.61. The number of fused-ring (bicyclic) bond motifs is 1. The third-order valence-corrected chi connectivity index (χ3v) is 3.38. The van der Waals surface area contributed by atoms with Crippen molar-refractivity contribution < 1.29 is 4.74 Å². The number of nitrogens with zero attached hydrogens (tertiary/aromatic N) is 2. The molecule has 0 radical (unpaired) electrons. The number of methoxy groups -OCH3 is 1. The van der Waals surface area contributed by atoms with Crippen LogP contribution in [0.1, 0.15) is 56.6 Å². The largest absolute Gasteiger partial charge is 0.373 e. The molecule has 1 aliphatic rings. The molecule has 0 saturated heterocycles. The number of aromatic nitrogens is 2. The molecule has 0 aliphatic carbocycles. The molecule has 0 fully saturated rings. The molecule has 4 nitrogen and oxygen atoms in total. The summed E-state index contributed by atoms with van der Waals surface area (Å²) in [5.74, 6) is 0.823. The smallest absolute Gasteiger partial charge is 0.158 e. The van der Waals surface area contributed by atoms with Crippen LogP contribution in [-0.2, 0) is 24.2 Å². The lowest BCUT2D eigenvalue weighted by Crippen LogP contribution is -2.23. The summed E-state index contributed by atoms with van der Waals surface area (Å²) < 4.78 is 5.61. The van der Waals surface area contributed by atoms with E-state index < -0.39 is 0 Å². The minimum Gasteiger partial charge on any atom is -0.373 e. The average Bonchev–Trinajstić information content (AvgIpc) is 2.74. The van der Waals surface area contributed by atoms with E-state index in [1.54, 1.807) is 7.11 Å². The van der Waals surface area contributed by atoms with Crippen LogP contribution in [0.2, 0.25) is 0 Å². The molecular weight excluding hydrogens is 226 g/mol. The van der Waals surface area contributed by atoms with Crippen molar-refractivity contribution >= 4 is 0 Å². The molecular formula is C14H23N3O. The first kappa shape index (κ1) is 13.4. The summed E-state index contributed by atoms with van der Waals surface area (Å²) in [6, 6.07) is 0. The van der Waals surface area contributed by atoms with Crippen LogP contribution < -0.4 is 5.32 Å². The molecule has 1 aromatic rings. The second-order valence-corrected chi connectivity index (χ2v) is 5.89. The van der Waals surface area contributed by atoms with Crippen LogP contribution in [0, 0.1) is 5.41 Å². The average molecular weight is 249 g/mol. The summed E-state index contributed by atoms with van der Waals surface area (Å²) in [6.45, 7) is 10.3. The van der Waals surface area contributed by atoms with Gasteiger partial charge in [0.25, 0.3) is 0 Å². The Morgan fingerprint density at radius 3 is 2.56 bits per heavy atom. The molecule has 1 atom stereocenters. The Morgan fingerprint density at radius 1 is 1.28 bits per heavy atom. The summed E-state index contributed by atoms with van der Waals surface area (Å²) in [6.07, 6.45) is 0.883. The first-order valence-electron chi connectivity index (χ1n) is 6.59. The molecule has 1 unspecified atom stereocenters. The Balaban J connectivity index is 2.46. The third kappa shape index (κ3) is 2.40. The van der Waals surface area contributed by atoms with E-state index in [9.17, 15) is 0 Å². The predicted molar refractivity (Wildman–Crippen MR) is 71.2 cm³/mol. The second kappa shape index (κ2) is 4.94. The fourth-order valence-electron chi connectivity index (χ4n) is 2.52. The maximum Gasteiger partial charge on any atom is 0.158 e. The zero-order valence-corrected chi connectivity index (χ0v) is 12.0. The zero-order valence-electron chi connectivity index (χ0n) is 12.0. The molecule has 0 amide bonds. The molecule has 18 heavy (non-hydrogen) atoms. The highest BCUT2D eigenvalue weighted by atomic mass is 16.5. The first-order chi connectivity index (χ1) is 8.47.